The molecule has 2 atom stereocenters. The number of aromatic nitrogens is 4. The van der Waals surface area contributed by atoms with Gasteiger partial charge in [-0.25, -0.2) is 4.98 Å². The first-order chi connectivity index (χ1) is 23.8. The summed E-state index contributed by atoms with van der Waals surface area (Å²) in [6, 6.07) is 22.9. The molecule has 0 amide bonds. The highest BCUT2D eigenvalue weighted by atomic mass is 35.5. The number of hydrogen-bond donors (Lipinski definition) is 0. The molecule has 0 radical (unpaired) electrons. The summed E-state index contributed by atoms with van der Waals surface area (Å²) in [6.45, 7) is 4.81. The Morgan fingerprint density at radius 3 is 2.53 bits per heavy atom. The van der Waals surface area contributed by atoms with Crippen LogP contribution in [0.3, 0.4) is 0 Å². The number of likely N-dealkylation sites (N-methyl/N-ethyl adjacent to an activating group) is 1. The number of Topliss-reactive ketones (excluding diaryl/α,β-unsaturated/α-hetero) is 1. The largest absolute Gasteiger partial charge is 0.462 e. The fourth-order valence-electron chi connectivity index (χ4n) is 7.02. The van der Waals surface area contributed by atoms with Gasteiger partial charge in [0.05, 0.1) is 29.7 Å². The van der Waals surface area contributed by atoms with Crippen molar-refractivity contribution in [1.29, 1.82) is 5.26 Å². The van der Waals surface area contributed by atoms with Crippen molar-refractivity contribution in [2.75, 3.05) is 51.3 Å². The number of halogens is 1. The molecule has 2 saturated heterocycles. The van der Waals surface area contributed by atoms with Crippen LogP contribution >= 0.6 is 11.6 Å². The average Bonchev–Trinajstić information content (AvgIpc) is 3.53. The van der Waals surface area contributed by atoms with E-state index in [0.29, 0.717) is 59.7 Å². The van der Waals surface area contributed by atoms with E-state index in [-0.39, 0.29) is 47.9 Å². The molecule has 7 rings (SSSR count). The molecule has 0 aliphatic carbocycles. The Labute approximate surface area is 289 Å². The van der Waals surface area contributed by atoms with Gasteiger partial charge in [-0.3, -0.25) is 19.1 Å². The van der Waals surface area contributed by atoms with Gasteiger partial charge in [0.25, 0.3) is 5.56 Å². The summed E-state index contributed by atoms with van der Waals surface area (Å²) in [4.78, 5) is 48.5. The first-order valence-electron chi connectivity index (χ1n) is 16.6. The normalized spacial score (nSPS) is 18.6. The highest BCUT2D eigenvalue weighted by molar-refractivity contribution is 6.36. The molecule has 2 aliphatic rings. The number of ketones is 1. The summed E-state index contributed by atoms with van der Waals surface area (Å²) < 4.78 is 7.77. The molecule has 2 fully saturated rings. The molecule has 3 aromatic carbocycles. The molecule has 0 spiro atoms. The Morgan fingerprint density at radius 1 is 0.980 bits per heavy atom. The fraction of sp³-hybridized carbons (Fsp3) is 0.351. The Kier molecular flexibility index (Phi) is 9.27. The van der Waals surface area contributed by atoms with Crippen molar-refractivity contribution in [2.45, 2.75) is 38.3 Å². The van der Waals surface area contributed by atoms with E-state index in [0.717, 1.165) is 30.2 Å². The van der Waals surface area contributed by atoms with Crippen molar-refractivity contribution < 1.29 is 9.53 Å². The molecule has 2 aromatic heterocycles. The van der Waals surface area contributed by atoms with Gasteiger partial charge in [-0.15, -0.1) is 0 Å². The molecule has 0 unspecified atom stereocenters. The Hall–Kier alpha value is -4.89. The van der Waals surface area contributed by atoms with Crippen molar-refractivity contribution in [1.82, 2.24) is 29.3 Å². The maximum absolute atomic E-state index is 14.5. The van der Waals surface area contributed by atoms with Crippen LogP contribution < -0.4 is 15.2 Å². The molecule has 49 heavy (non-hydrogen) atoms. The number of rotatable bonds is 9. The van der Waals surface area contributed by atoms with Gasteiger partial charge in [-0.1, -0.05) is 66.2 Å². The molecular formula is C37H37ClN8O3. The molecular weight excluding hydrogens is 640 g/mol. The summed E-state index contributed by atoms with van der Waals surface area (Å²) in [5.74, 6) is 0.931. The number of nitriles is 1. The number of hydrogen-bond acceptors (Lipinski definition) is 10. The van der Waals surface area contributed by atoms with Gasteiger partial charge < -0.3 is 14.5 Å². The number of piperazine rings is 1. The third-order valence-corrected chi connectivity index (χ3v) is 9.99. The van der Waals surface area contributed by atoms with E-state index in [2.05, 4.69) is 27.9 Å². The maximum atomic E-state index is 14.5. The topological polar surface area (TPSA) is 120 Å². The van der Waals surface area contributed by atoms with Gasteiger partial charge >= 0.3 is 6.01 Å². The van der Waals surface area contributed by atoms with Crippen LogP contribution in [0.1, 0.15) is 35.4 Å². The number of aryl methyl sites for hydroxylation is 1. The smallest absolute Gasteiger partial charge is 0.319 e. The lowest BCUT2D eigenvalue weighted by molar-refractivity contribution is 0.0878. The van der Waals surface area contributed by atoms with Crippen molar-refractivity contribution in [3.63, 3.8) is 0 Å². The first-order valence-corrected chi connectivity index (χ1v) is 17.0. The Morgan fingerprint density at radius 2 is 1.78 bits per heavy atom. The van der Waals surface area contributed by atoms with Gasteiger partial charge in [0, 0.05) is 42.7 Å². The standard InChI is InChI=1S/C37H37ClN8O3/c1-24-40-33-34(36(48)46(24)30-15-7-12-26-11-6-14-29(38)32(26)30)41-37(49-23-28-13-8-18-43(28)2)42-35(33)45-20-19-44(27(21-45)16-17-39)22-31(47)25-9-4-3-5-10-25/h3-7,9-12,14-15,27-28H,8,13,16,18-23H2,1-2H3/t27-,28-/m0/s1. The lowest BCUT2D eigenvalue weighted by Crippen LogP contribution is -2.54. The van der Waals surface area contributed by atoms with Gasteiger partial charge in [0.1, 0.15) is 17.9 Å². The van der Waals surface area contributed by atoms with E-state index in [9.17, 15) is 14.9 Å². The number of carbonyl (C=O) groups excluding carboxylic acids is 1. The zero-order chi connectivity index (χ0) is 34.1. The highest BCUT2D eigenvalue weighted by Gasteiger charge is 2.32. The van der Waals surface area contributed by atoms with Crippen molar-refractivity contribution in [3.8, 4) is 17.8 Å². The number of likely N-dealkylation sites (tertiary alicyclic amines) is 1. The van der Waals surface area contributed by atoms with Crippen molar-refractivity contribution in [3.05, 3.63) is 93.5 Å². The molecule has 0 saturated carbocycles. The minimum atomic E-state index is -0.359. The number of ether oxygens (including phenoxy) is 1. The number of benzene rings is 3. The second kappa shape index (κ2) is 13.9. The van der Waals surface area contributed by atoms with Crippen LogP contribution in [0.4, 0.5) is 5.82 Å². The average molecular weight is 677 g/mol. The molecule has 12 heteroatoms. The summed E-state index contributed by atoms with van der Waals surface area (Å²) in [5.41, 5.74) is 1.39. The second-order valence-electron chi connectivity index (χ2n) is 12.8. The minimum Gasteiger partial charge on any atom is -0.462 e. The van der Waals surface area contributed by atoms with E-state index in [1.165, 1.54) is 0 Å². The van der Waals surface area contributed by atoms with Crippen LogP contribution in [-0.2, 0) is 0 Å². The lowest BCUT2D eigenvalue weighted by Gasteiger charge is -2.41. The predicted molar refractivity (Wildman–Crippen MR) is 190 cm³/mol. The zero-order valence-corrected chi connectivity index (χ0v) is 28.3. The Bertz CT molecular complexity index is 2130. The van der Waals surface area contributed by atoms with E-state index in [1.54, 1.807) is 17.6 Å². The van der Waals surface area contributed by atoms with Gasteiger partial charge in [-0.2, -0.15) is 15.2 Å². The molecule has 11 nitrogen and oxygen atoms in total. The van der Waals surface area contributed by atoms with E-state index >= 15 is 0 Å². The second-order valence-corrected chi connectivity index (χ2v) is 13.2. The summed E-state index contributed by atoms with van der Waals surface area (Å²) >= 11 is 6.68. The monoisotopic (exact) mass is 676 g/mol. The quantitative estimate of drug-likeness (QED) is 0.196. The van der Waals surface area contributed by atoms with Gasteiger partial charge in [-0.05, 0) is 50.9 Å². The van der Waals surface area contributed by atoms with Crippen LogP contribution in [0.15, 0.2) is 71.5 Å². The van der Waals surface area contributed by atoms with E-state index < -0.39 is 0 Å². The lowest BCUT2D eigenvalue weighted by atomic mass is 10.1. The van der Waals surface area contributed by atoms with E-state index in [1.807, 2.05) is 65.6 Å². The van der Waals surface area contributed by atoms with Crippen LogP contribution in [0, 0.1) is 18.3 Å². The summed E-state index contributed by atoms with van der Waals surface area (Å²) in [6.07, 6.45) is 2.32. The number of carbonyl (C=O) groups is 1. The van der Waals surface area contributed by atoms with Crippen LogP contribution in [-0.4, -0.2) is 93.6 Å². The zero-order valence-electron chi connectivity index (χ0n) is 27.5. The first kappa shape index (κ1) is 32.6. The van der Waals surface area contributed by atoms with Crippen molar-refractivity contribution >= 4 is 45.0 Å². The molecule has 0 N–H and O–H groups in total. The molecule has 0 bridgehead atoms. The number of anilines is 1. The van der Waals surface area contributed by atoms with E-state index in [4.69, 9.17) is 26.3 Å². The Balaban J connectivity index is 1.29. The summed E-state index contributed by atoms with van der Waals surface area (Å²) in [7, 11) is 2.08. The SMILES string of the molecule is Cc1nc2c(N3CCN(CC(=O)c4ccccc4)[C@@H](CC#N)C3)nc(OC[C@@H]3CCCN3C)nc2c(=O)n1-c1cccc2cccc(Cl)c12. The molecule has 250 valence electrons. The predicted octanol–water partition coefficient (Wildman–Crippen LogP) is 5.05. The number of fused-ring (bicyclic) bond motifs is 2. The van der Waals surface area contributed by atoms with Crippen molar-refractivity contribution in [2.24, 2.45) is 0 Å². The molecule has 5 aromatic rings. The summed E-state index contributed by atoms with van der Waals surface area (Å²) in [5, 5.41) is 11.9. The van der Waals surface area contributed by atoms with Crippen LogP contribution in [0.25, 0.3) is 27.5 Å². The fourth-order valence-corrected chi connectivity index (χ4v) is 7.30. The number of nitrogens with zero attached hydrogens (tertiary/aromatic N) is 8. The van der Waals surface area contributed by atoms with Crippen LogP contribution in [0.5, 0.6) is 6.01 Å². The third kappa shape index (κ3) is 6.47. The molecule has 4 heterocycles. The van der Waals surface area contributed by atoms with Gasteiger partial charge in [0.15, 0.2) is 17.1 Å². The molecule has 2 aliphatic heterocycles. The third-order valence-electron chi connectivity index (χ3n) is 9.67. The highest BCUT2D eigenvalue weighted by Crippen LogP contribution is 2.31. The van der Waals surface area contributed by atoms with Gasteiger partial charge in [0.2, 0.25) is 0 Å². The maximum Gasteiger partial charge on any atom is 0.319 e. The minimum absolute atomic E-state index is 0.00317. The van der Waals surface area contributed by atoms with Crippen LogP contribution in [0.2, 0.25) is 5.02 Å².